The van der Waals surface area contributed by atoms with Crippen LogP contribution in [0.2, 0.25) is 24.7 Å². The summed E-state index contributed by atoms with van der Waals surface area (Å²) in [5.41, 5.74) is 0. The number of hydrogen-bond donors (Lipinski definition) is 0. The highest BCUT2D eigenvalue weighted by Crippen LogP contribution is 2.33. The van der Waals surface area contributed by atoms with Crippen molar-refractivity contribution in [1.82, 2.24) is 0 Å². The monoisotopic (exact) mass is 276 g/mol. The second kappa shape index (κ2) is 4.86. The maximum absolute atomic E-state index is 5.85. The van der Waals surface area contributed by atoms with Crippen molar-refractivity contribution < 1.29 is 4.43 Å². The molecule has 0 aliphatic carbocycles. The van der Waals surface area contributed by atoms with E-state index in [1.165, 1.54) is 18.9 Å². The molecule has 0 aromatic carbocycles. The van der Waals surface area contributed by atoms with Crippen LogP contribution in [0.4, 0.5) is 0 Å². The highest BCUT2D eigenvalue weighted by Gasteiger charge is 2.35. The topological polar surface area (TPSA) is 9.23 Å². The van der Waals surface area contributed by atoms with Crippen molar-refractivity contribution in [1.29, 1.82) is 0 Å². The Labute approximate surface area is 95.9 Å². The molecule has 13 heavy (non-hydrogen) atoms. The Morgan fingerprint density at radius 3 is 2.46 bits per heavy atom. The normalized spacial score (nSPS) is 30.5. The third kappa shape index (κ3) is 5.04. The Morgan fingerprint density at radius 2 is 2.00 bits per heavy atom. The molecule has 0 amide bonds. The Balaban J connectivity index is 2.33. The first-order chi connectivity index (χ1) is 5.91. The van der Waals surface area contributed by atoms with Crippen molar-refractivity contribution in [3.05, 3.63) is 0 Å². The van der Waals surface area contributed by atoms with Crippen molar-refractivity contribution in [2.24, 2.45) is 0 Å². The van der Waals surface area contributed by atoms with Crippen molar-refractivity contribution in [3.63, 3.8) is 0 Å². The quantitative estimate of drug-likeness (QED) is 0.559. The Kier molecular flexibility index (Phi) is 4.61. The van der Waals surface area contributed by atoms with E-state index in [1.54, 1.807) is 0 Å². The fourth-order valence-corrected chi connectivity index (χ4v) is 9.57. The summed E-state index contributed by atoms with van der Waals surface area (Å²) >= 11 is 17.6. The zero-order valence-corrected chi connectivity index (χ0v) is 12.1. The van der Waals surface area contributed by atoms with Crippen LogP contribution < -0.4 is 0 Å². The molecule has 0 radical (unpaired) electrons. The molecule has 0 aromatic heterocycles. The molecule has 1 atom stereocenters. The maximum Gasteiger partial charge on any atom is 0.341 e. The number of hydrogen-bond acceptors (Lipinski definition) is 1. The number of halogens is 3. The molecule has 1 nitrogen and oxygen atoms in total. The Bertz CT molecular complexity index is 166. The van der Waals surface area contributed by atoms with Gasteiger partial charge in [0, 0.05) is 6.61 Å². The average Bonchev–Trinajstić information content (AvgIpc) is 2.02. The third-order valence-electron chi connectivity index (χ3n) is 2.49. The van der Waals surface area contributed by atoms with Crippen molar-refractivity contribution >= 4 is 47.6 Å². The van der Waals surface area contributed by atoms with Gasteiger partial charge in [-0.2, -0.15) is 0 Å². The lowest BCUT2D eigenvalue weighted by atomic mass is 10.4. The van der Waals surface area contributed by atoms with Gasteiger partial charge >= 0.3 is 6.00 Å². The SMILES string of the molecule is C[Si]1(CC[Si](Cl)(Cl)Cl)CCCCO1. The molecule has 0 bridgehead atoms. The molecule has 0 spiro atoms. The predicted octanol–water partition coefficient (Wildman–Crippen LogP) is 4.03. The van der Waals surface area contributed by atoms with Gasteiger partial charge in [-0.15, -0.1) is 33.2 Å². The molecular formula is C7H15Cl3OSi2. The van der Waals surface area contributed by atoms with Crippen LogP contribution in [0, 0.1) is 0 Å². The van der Waals surface area contributed by atoms with E-state index in [-0.39, 0.29) is 0 Å². The molecule has 1 fully saturated rings. The van der Waals surface area contributed by atoms with Gasteiger partial charge in [0.2, 0.25) is 0 Å². The summed E-state index contributed by atoms with van der Waals surface area (Å²) < 4.78 is 5.85. The van der Waals surface area contributed by atoms with E-state index in [4.69, 9.17) is 37.7 Å². The first-order valence-electron chi connectivity index (χ1n) is 4.62. The molecule has 1 rings (SSSR count). The molecule has 1 unspecified atom stereocenters. The Hall–Kier alpha value is 1.26. The van der Waals surface area contributed by atoms with Gasteiger partial charge in [-0.05, 0) is 31.1 Å². The van der Waals surface area contributed by atoms with Crippen LogP contribution >= 0.6 is 33.2 Å². The van der Waals surface area contributed by atoms with Crippen molar-refractivity contribution in [2.45, 2.75) is 37.5 Å². The fourth-order valence-electron chi connectivity index (χ4n) is 1.60. The molecular weight excluding hydrogens is 263 g/mol. The predicted molar refractivity (Wildman–Crippen MR) is 64.5 cm³/mol. The molecule has 1 aliphatic rings. The van der Waals surface area contributed by atoms with Crippen LogP contribution in [0.5, 0.6) is 0 Å². The van der Waals surface area contributed by atoms with Crippen LogP contribution in [-0.2, 0) is 4.43 Å². The molecule has 1 saturated heterocycles. The van der Waals surface area contributed by atoms with E-state index in [1.807, 2.05) is 0 Å². The molecule has 78 valence electrons. The third-order valence-corrected chi connectivity index (χ3v) is 9.13. The van der Waals surface area contributed by atoms with Crippen LogP contribution in [0.15, 0.2) is 0 Å². The Morgan fingerprint density at radius 1 is 1.31 bits per heavy atom. The highest BCUT2D eigenvalue weighted by molar-refractivity contribution is 7.64. The van der Waals surface area contributed by atoms with E-state index >= 15 is 0 Å². The smallest absolute Gasteiger partial charge is 0.341 e. The second-order valence-corrected chi connectivity index (χ2v) is 17.3. The van der Waals surface area contributed by atoms with Gasteiger partial charge < -0.3 is 4.43 Å². The number of rotatable bonds is 3. The summed E-state index contributed by atoms with van der Waals surface area (Å²) in [4.78, 5) is 0. The van der Waals surface area contributed by atoms with Crippen LogP contribution in [0.25, 0.3) is 0 Å². The fraction of sp³-hybridized carbons (Fsp3) is 1.00. The van der Waals surface area contributed by atoms with E-state index in [0.717, 1.165) is 18.7 Å². The lowest BCUT2D eigenvalue weighted by molar-refractivity contribution is 0.271. The van der Waals surface area contributed by atoms with Crippen molar-refractivity contribution in [3.8, 4) is 0 Å². The van der Waals surface area contributed by atoms with Gasteiger partial charge in [0.25, 0.3) is 0 Å². The molecule has 1 aliphatic heterocycles. The largest absolute Gasteiger partial charge is 0.417 e. The van der Waals surface area contributed by atoms with Gasteiger partial charge in [0.15, 0.2) is 8.32 Å². The minimum Gasteiger partial charge on any atom is -0.417 e. The first-order valence-corrected chi connectivity index (χ1v) is 12.7. The summed E-state index contributed by atoms with van der Waals surface area (Å²) in [6.45, 7) is 3.18. The molecule has 0 saturated carbocycles. The van der Waals surface area contributed by atoms with Crippen LogP contribution in [0.3, 0.4) is 0 Å². The van der Waals surface area contributed by atoms with Crippen molar-refractivity contribution in [2.75, 3.05) is 6.61 Å². The van der Waals surface area contributed by atoms with Gasteiger partial charge in [-0.1, -0.05) is 6.42 Å². The summed E-state index contributed by atoms with van der Waals surface area (Å²) in [5.74, 6) is 0. The summed E-state index contributed by atoms with van der Waals surface area (Å²) in [6, 6.07) is 0.609. The summed E-state index contributed by atoms with van der Waals surface area (Å²) in [6.07, 6.45) is 2.50. The zero-order valence-electron chi connectivity index (χ0n) is 7.78. The second-order valence-electron chi connectivity index (χ2n) is 3.87. The average molecular weight is 278 g/mol. The van der Waals surface area contributed by atoms with Gasteiger partial charge in [-0.25, -0.2) is 0 Å². The minimum absolute atomic E-state index is 0.764. The first kappa shape index (κ1) is 12.3. The minimum atomic E-state index is -2.42. The summed E-state index contributed by atoms with van der Waals surface area (Å²) in [5, 5.41) is 0. The van der Waals surface area contributed by atoms with Crippen LogP contribution in [-0.4, -0.2) is 20.9 Å². The van der Waals surface area contributed by atoms with Crippen LogP contribution in [0.1, 0.15) is 12.8 Å². The molecule has 1 heterocycles. The molecule has 6 heteroatoms. The lowest BCUT2D eigenvalue weighted by Crippen LogP contribution is -2.38. The molecule has 0 N–H and O–H groups in total. The standard InChI is InChI=1S/C7H15Cl3OSi2/c1-12(5-3-2-4-11-12)6-7-13(8,9)10/h2-7H2,1H3. The van der Waals surface area contributed by atoms with Gasteiger partial charge in [-0.3, -0.25) is 0 Å². The molecule has 0 aromatic rings. The van der Waals surface area contributed by atoms with E-state index < -0.39 is 14.3 Å². The lowest BCUT2D eigenvalue weighted by Gasteiger charge is -2.32. The summed E-state index contributed by atoms with van der Waals surface area (Å²) in [7, 11) is -1.46. The van der Waals surface area contributed by atoms with E-state index in [2.05, 4.69) is 6.55 Å². The highest BCUT2D eigenvalue weighted by atomic mass is 35.8. The maximum atomic E-state index is 5.85. The van der Waals surface area contributed by atoms with E-state index in [0.29, 0.717) is 0 Å². The van der Waals surface area contributed by atoms with Gasteiger partial charge in [0.1, 0.15) is 0 Å². The van der Waals surface area contributed by atoms with E-state index in [9.17, 15) is 0 Å². The van der Waals surface area contributed by atoms with Gasteiger partial charge in [0.05, 0.1) is 0 Å². The zero-order chi connectivity index (χ0) is 9.95.